The van der Waals surface area contributed by atoms with Crippen molar-refractivity contribution in [3.05, 3.63) is 0 Å². The third kappa shape index (κ3) is 3.56. The zero-order valence-electron chi connectivity index (χ0n) is 13.0. The minimum Gasteiger partial charge on any atom is -0.373 e. The summed E-state index contributed by atoms with van der Waals surface area (Å²) in [6, 6.07) is 0. The Hall–Kier alpha value is -0.690. The number of likely N-dealkylation sites (tertiary alicyclic amines) is 1. The quantitative estimate of drug-likeness (QED) is 0.741. The van der Waals surface area contributed by atoms with E-state index in [1.807, 2.05) is 4.90 Å². The highest BCUT2D eigenvalue weighted by atomic mass is 16.7. The molecular weight excluding hydrogens is 272 g/mol. The van der Waals surface area contributed by atoms with Gasteiger partial charge in [-0.2, -0.15) is 0 Å². The number of carbonyl (C=O) groups is 1. The minimum atomic E-state index is -0.404. The Morgan fingerprint density at radius 2 is 1.67 bits per heavy atom. The Kier molecular flexibility index (Phi) is 4.49. The fraction of sp³-hybridized carbons (Fsp3) is 0.933. The van der Waals surface area contributed by atoms with Crippen LogP contribution in [0.2, 0.25) is 0 Å². The van der Waals surface area contributed by atoms with E-state index in [0.29, 0.717) is 19.8 Å². The molecule has 0 saturated carbocycles. The summed E-state index contributed by atoms with van der Waals surface area (Å²) in [5.74, 6) is -0.192. The second kappa shape index (κ2) is 6.20. The molecule has 0 aliphatic carbocycles. The fourth-order valence-electron chi connectivity index (χ4n) is 3.59. The normalized spacial score (nSPS) is 33.5. The van der Waals surface area contributed by atoms with Crippen LogP contribution in [0.4, 0.5) is 0 Å². The van der Waals surface area contributed by atoms with E-state index in [9.17, 15) is 4.79 Å². The van der Waals surface area contributed by atoms with E-state index in [1.54, 1.807) is 0 Å². The van der Waals surface area contributed by atoms with Crippen molar-refractivity contribution >= 4 is 5.91 Å². The number of rotatable bonds is 2. The van der Waals surface area contributed by atoms with Crippen molar-refractivity contribution in [1.82, 2.24) is 9.80 Å². The lowest BCUT2D eigenvalue weighted by molar-refractivity contribution is -0.188. The van der Waals surface area contributed by atoms with E-state index in [4.69, 9.17) is 14.2 Å². The molecule has 0 radical (unpaired) electrons. The van der Waals surface area contributed by atoms with Gasteiger partial charge in [0.2, 0.25) is 5.91 Å². The molecule has 0 aromatic rings. The Labute approximate surface area is 126 Å². The third-order valence-electron chi connectivity index (χ3n) is 4.55. The average molecular weight is 298 g/mol. The largest absolute Gasteiger partial charge is 0.373 e. The Bertz CT molecular complexity index is 364. The predicted molar refractivity (Wildman–Crippen MR) is 76.9 cm³/mol. The maximum atomic E-state index is 12.4. The van der Waals surface area contributed by atoms with Crippen LogP contribution >= 0.6 is 0 Å². The maximum Gasteiger partial charge on any atom is 0.236 e. The van der Waals surface area contributed by atoms with Gasteiger partial charge in [-0.05, 0) is 13.8 Å². The number of hydrogen-bond acceptors (Lipinski definition) is 5. The van der Waals surface area contributed by atoms with Crippen molar-refractivity contribution in [2.45, 2.75) is 44.7 Å². The summed E-state index contributed by atoms with van der Waals surface area (Å²) in [6.07, 6.45) is 1.97. The van der Waals surface area contributed by atoms with Crippen LogP contribution in [0.15, 0.2) is 0 Å². The summed E-state index contributed by atoms with van der Waals surface area (Å²) >= 11 is 0. The first-order chi connectivity index (χ1) is 10.1. The number of hydrogen-bond donors (Lipinski definition) is 0. The second-order valence-electron chi connectivity index (χ2n) is 6.44. The summed E-state index contributed by atoms with van der Waals surface area (Å²) in [6.45, 7) is 9.10. The lowest BCUT2D eigenvalue weighted by Gasteiger charge is -2.39. The Morgan fingerprint density at radius 3 is 2.24 bits per heavy atom. The van der Waals surface area contributed by atoms with Gasteiger partial charge in [0, 0.05) is 39.0 Å². The molecule has 1 amide bonds. The summed E-state index contributed by atoms with van der Waals surface area (Å²) in [7, 11) is 0. The van der Waals surface area contributed by atoms with Gasteiger partial charge in [0.1, 0.15) is 0 Å². The SMILES string of the molecule is C[C@H]1CN(CC(=O)N2CCC3(CC2)OCCO3)C[C@H](C)O1. The van der Waals surface area contributed by atoms with Gasteiger partial charge >= 0.3 is 0 Å². The van der Waals surface area contributed by atoms with Crippen molar-refractivity contribution in [3.63, 3.8) is 0 Å². The molecule has 6 heteroatoms. The van der Waals surface area contributed by atoms with E-state index in [-0.39, 0.29) is 18.1 Å². The highest BCUT2D eigenvalue weighted by Crippen LogP contribution is 2.31. The van der Waals surface area contributed by atoms with Gasteiger partial charge in [-0.3, -0.25) is 9.69 Å². The van der Waals surface area contributed by atoms with Gasteiger partial charge in [-0.25, -0.2) is 0 Å². The number of carbonyl (C=O) groups excluding carboxylic acids is 1. The molecule has 3 heterocycles. The van der Waals surface area contributed by atoms with Crippen LogP contribution in [0, 0.1) is 0 Å². The highest BCUT2D eigenvalue weighted by molar-refractivity contribution is 5.78. The van der Waals surface area contributed by atoms with Crippen LogP contribution in [-0.2, 0) is 19.0 Å². The molecule has 0 unspecified atom stereocenters. The van der Waals surface area contributed by atoms with E-state index < -0.39 is 5.79 Å². The first kappa shape index (κ1) is 15.2. The van der Waals surface area contributed by atoms with E-state index in [1.165, 1.54) is 0 Å². The monoisotopic (exact) mass is 298 g/mol. The fourth-order valence-corrected chi connectivity index (χ4v) is 3.59. The molecular formula is C15H26N2O4. The minimum absolute atomic E-state index is 0.200. The Morgan fingerprint density at radius 1 is 1.10 bits per heavy atom. The van der Waals surface area contributed by atoms with Gasteiger partial charge < -0.3 is 19.1 Å². The Balaban J connectivity index is 1.48. The van der Waals surface area contributed by atoms with Crippen molar-refractivity contribution in [3.8, 4) is 0 Å². The van der Waals surface area contributed by atoms with E-state index in [0.717, 1.165) is 39.0 Å². The average Bonchev–Trinajstić information content (AvgIpc) is 2.86. The summed E-state index contributed by atoms with van der Waals surface area (Å²) in [5, 5.41) is 0. The van der Waals surface area contributed by atoms with Crippen LogP contribution in [0.5, 0.6) is 0 Å². The molecule has 3 aliphatic heterocycles. The van der Waals surface area contributed by atoms with Crippen molar-refractivity contribution < 1.29 is 19.0 Å². The standard InChI is InChI=1S/C15H26N2O4/c1-12-9-16(10-13(2)21-12)11-14(18)17-5-3-15(4-6-17)19-7-8-20-15/h12-13H,3-11H2,1-2H3/t12-,13-/m0/s1. The first-order valence-corrected chi connectivity index (χ1v) is 8.00. The number of nitrogens with zero attached hydrogens (tertiary/aromatic N) is 2. The van der Waals surface area contributed by atoms with Crippen LogP contribution in [-0.4, -0.2) is 79.6 Å². The molecule has 3 rings (SSSR count). The van der Waals surface area contributed by atoms with Crippen molar-refractivity contribution in [2.24, 2.45) is 0 Å². The van der Waals surface area contributed by atoms with Gasteiger partial charge in [-0.1, -0.05) is 0 Å². The van der Waals surface area contributed by atoms with Gasteiger partial charge in [0.15, 0.2) is 5.79 Å². The molecule has 3 aliphatic rings. The van der Waals surface area contributed by atoms with Crippen molar-refractivity contribution in [2.75, 3.05) is 45.9 Å². The van der Waals surface area contributed by atoms with Gasteiger partial charge in [-0.15, -0.1) is 0 Å². The molecule has 21 heavy (non-hydrogen) atoms. The molecule has 6 nitrogen and oxygen atoms in total. The molecule has 0 N–H and O–H groups in total. The van der Waals surface area contributed by atoms with E-state index >= 15 is 0 Å². The summed E-state index contributed by atoms with van der Waals surface area (Å²) < 4.78 is 17.1. The molecule has 120 valence electrons. The zero-order chi connectivity index (χ0) is 14.9. The van der Waals surface area contributed by atoms with Crippen LogP contribution in [0.25, 0.3) is 0 Å². The molecule has 0 bridgehead atoms. The number of piperidine rings is 1. The number of ether oxygens (including phenoxy) is 3. The zero-order valence-corrected chi connectivity index (χ0v) is 13.0. The third-order valence-corrected chi connectivity index (χ3v) is 4.55. The smallest absolute Gasteiger partial charge is 0.236 e. The van der Waals surface area contributed by atoms with E-state index in [2.05, 4.69) is 18.7 Å². The molecule has 2 atom stereocenters. The highest BCUT2D eigenvalue weighted by Gasteiger charge is 2.41. The maximum absolute atomic E-state index is 12.4. The lowest BCUT2D eigenvalue weighted by Crippen LogP contribution is -2.52. The summed E-state index contributed by atoms with van der Waals surface area (Å²) in [4.78, 5) is 16.6. The number of morpholine rings is 1. The molecule has 0 aromatic carbocycles. The van der Waals surface area contributed by atoms with Crippen molar-refractivity contribution in [1.29, 1.82) is 0 Å². The summed E-state index contributed by atoms with van der Waals surface area (Å²) in [5.41, 5.74) is 0. The van der Waals surface area contributed by atoms with Gasteiger partial charge in [0.05, 0.1) is 32.0 Å². The molecule has 3 fully saturated rings. The molecule has 1 spiro atoms. The molecule has 0 aromatic heterocycles. The topological polar surface area (TPSA) is 51.2 Å². The van der Waals surface area contributed by atoms with Crippen LogP contribution < -0.4 is 0 Å². The van der Waals surface area contributed by atoms with Crippen LogP contribution in [0.1, 0.15) is 26.7 Å². The predicted octanol–water partition coefficient (Wildman–Crippen LogP) is 0.461. The first-order valence-electron chi connectivity index (χ1n) is 8.00. The van der Waals surface area contributed by atoms with Gasteiger partial charge in [0.25, 0.3) is 0 Å². The molecule has 3 saturated heterocycles. The lowest BCUT2D eigenvalue weighted by atomic mass is 10.0. The second-order valence-corrected chi connectivity index (χ2v) is 6.44. The van der Waals surface area contributed by atoms with Crippen LogP contribution in [0.3, 0.4) is 0 Å². The number of amides is 1.